The summed E-state index contributed by atoms with van der Waals surface area (Å²) in [5.74, 6) is 0.143. The standard InChI is InChI=1S/C26H26N6O3/c1-35-23-8-3-2-6-17(23)14-19-15-18(9-11-28-19)26(34)31-13-5-4-7-21(31)22-10-12-29-25-20(24(27)33)16-30-32(22)25/h2-3,6,8-12,15-16,21H,4-5,7,13-14H2,1H3,(H2,27,33). The highest BCUT2D eigenvalue weighted by molar-refractivity contribution is 5.98. The number of nitrogens with two attached hydrogens (primary N) is 1. The number of nitrogens with zero attached hydrogens (tertiary/aromatic N) is 5. The van der Waals surface area contributed by atoms with Gasteiger partial charge in [0.15, 0.2) is 5.65 Å². The molecular formula is C26H26N6O3. The lowest BCUT2D eigenvalue weighted by Crippen LogP contribution is -2.39. The summed E-state index contributed by atoms with van der Waals surface area (Å²) in [5, 5.41) is 4.35. The zero-order valence-electron chi connectivity index (χ0n) is 19.4. The number of ether oxygens (including phenoxy) is 1. The van der Waals surface area contributed by atoms with Crippen LogP contribution in [0.15, 0.2) is 61.1 Å². The van der Waals surface area contributed by atoms with Gasteiger partial charge in [0.05, 0.1) is 25.0 Å². The van der Waals surface area contributed by atoms with Gasteiger partial charge in [-0.1, -0.05) is 18.2 Å². The van der Waals surface area contributed by atoms with Gasteiger partial charge in [0.1, 0.15) is 11.3 Å². The minimum atomic E-state index is -0.583. The molecule has 3 aromatic heterocycles. The number of aromatic nitrogens is 4. The summed E-state index contributed by atoms with van der Waals surface area (Å²) in [6, 6.07) is 13.0. The van der Waals surface area contributed by atoms with Crippen LogP contribution in [0.5, 0.6) is 5.75 Å². The fraction of sp³-hybridized carbons (Fsp3) is 0.269. The molecule has 0 spiro atoms. The average molecular weight is 471 g/mol. The van der Waals surface area contributed by atoms with Crippen LogP contribution in [0.2, 0.25) is 0 Å². The summed E-state index contributed by atoms with van der Waals surface area (Å²) in [6.45, 7) is 0.626. The molecule has 1 aliphatic rings. The Balaban J connectivity index is 1.46. The molecule has 1 unspecified atom stereocenters. The molecule has 1 aliphatic heterocycles. The van der Waals surface area contributed by atoms with Gasteiger partial charge in [-0.2, -0.15) is 5.10 Å². The van der Waals surface area contributed by atoms with Crippen molar-refractivity contribution in [3.8, 4) is 5.75 Å². The number of amides is 2. The second-order valence-corrected chi connectivity index (χ2v) is 8.56. The molecular weight excluding hydrogens is 444 g/mol. The summed E-state index contributed by atoms with van der Waals surface area (Å²) in [5.41, 5.74) is 9.32. The minimum Gasteiger partial charge on any atom is -0.496 e. The molecule has 4 aromatic rings. The molecule has 0 aliphatic carbocycles. The Bertz CT molecular complexity index is 1400. The van der Waals surface area contributed by atoms with E-state index in [2.05, 4.69) is 15.1 Å². The quantitative estimate of drug-likeness (QED) is 0.463. The number of pyridine rings is 1. The molecule has 35 heavy (non-hydrogen) atoms. The average Bonchev–Trinajstić information content (AvgIpc) is 3.34. The second-order valence-electron chi connectivity index (χ2n) is 8.56. The number of carbonyl (C=O) groups excluding carboxylic acids is 2. The van der Waals surface area contributed by atoms with Crippen LogP contribution < -0.4 is 10.5 Å². The Kier molecular flexibility index (Phi) is 6.13. The van der Waals surface area contributed by atoms with Crippen molar-refractivity contribution < 1.29 is 14.3 Å². The molecule has 1 saturated heterocycles. The zero-order chi connectivity index (χ0) is 24.4. The van der Waals surface area contributed by atoms with E-state index in [1.54, 1.807) is 30.1 Å². The van der Waals surface area contributed by atoms with Crippen molar-refractivity contribution in [3.63, 3.8) is 0 Å². The molecule has 0 bridgehead atoms. The second kappa shape index (κ2) is 9.54. The highest BCUT2D eigenvalue weighted by atomic mass is 16.5. The summed E-state index contributed by atoms with van der Waals surface area (Å²) in [4.78, 5) is 36.1. The molecule has 9 heteroatoms. The molecule has 2 N–H and O–H groups in total. The van der Waals surface area contributed by atoms with Gasteiger partial charge in [-0.05, 0) is 43.5 Å². The number of primary amides is 1. The maximum atomic E-state index is 13.7. The van der Waals surface area contributed by atoms with Gasteiger partial charge in [-0.3, -0.25) is 14.6 Å². The van der Waals surface area contributed by atoms with E-state index in [9.17, 15) is 9.59 Å². The van der Waals surface area contributed by atoms with Gasteiger partial charge in [0.2, 0.25) is 0 Å². The first-order valence-corrected chi connectivity index (χ1v) is 11.6. The van der Waals surface area contributed by atoms with Crippen LogP contribution >= 0.6 is 0 Å². The van der Waals surface area contributed by atoms with Gasteiger partial charge < -0.3 is 15.4 Å². The molecule has 0 radical (unpaired) electrons. The van der Waals surface area contributed by atoms with Gasteiger partial charge in [-0.15, -0.1) is 0 Å². The monoisotopic (exact) mass is 470 g/mol. The Morgan fingerprint density at radius 1 is 1.11 bits per heavy atom. The first-order chi connectivity index (χ1) is 17.1. The van der Waals surface area contributed by atoms with Crippen LogP contribution in [0.3, 0.4) is 0 Å². The van der Waals surface area contributed by atoms with E-state index in [0.29, 0.717) is 24.2 Å². The number of piperidine rings is 1. The van der Waals surface area contributed by atoms with E-state index < -0.39 is 5.91 Å². The highest BCUT2D eigenvalue weighted by Crippen LogP contribution is 2.32. The van der Waals surface area contributed by atoms with Crippen molar-refractivity contribution in [1.82, 2.24) is 24.5 Å². The summed E-state index contributed by atoms with van der Waals surface area (Å²) in [7, 11) is 1.64. The molecule has 5 rings (SSSR count). The number of rotatable bonds is 6. The number of hydrogen-bond donors (Lipinski definition) is 1. The third-order valence-electron chi connectivity index (χ3n) is 6.43. The topological polar surface area (TPSA) is 116 Å². The number of para-hydroxylation sites is 1. The molecule has 178 valence electrons. The van der Waals surface area contributed by atoms with Crippen molar-refractivity contribution in [2.75, 3.05) is 13.7 Å². The number of hydrogen-bond acceptors (Lipinski definition) is 6. The number of benzene rings is 1. The number of fused-ring (bicyclic) bond motifs is 1. The first kappa shape index (κ1) is 22.5. The van der Waals surface area contributed by atoms with Gasteiger partial charge in [-0.25, -0.2) is 9.50 Å². The van der Waals surface area contributed by atoms with E-state index >= 15 is 0 Å². The minimum absolute atomic E-state index is 0.0642. The summed E-state index contributed by atoms with van der Waals surface area (Å²) >= 11 is 0. The molecule has 9 nitrogen and oxygen atoms in total. The van der Waals surface area contributed by atoms with E-state index in [-0.39, 0.29) is 17.5 Å². The Labute approximate surface area is 202 Å². The van der Waals surface area contributed by atoms with Crippen LogP contribution in [-0.2, 0) is 6.42 Å². The highest BCUT2D eigenvalue weighted by Gasteiger charge is 2.31. The van der Waals surface area contributed by atoms with Crippen molar-refractivity contribution in [2.45, 2.75) is 31.7 Å². The van der Waals surface area contributed by atoms with Crippen molar-refractivity contribution in [3.05, 3.63) is 89.1 Å². The van der Waals surface area contributed by atoms with Crippen LogP contribution in [0.1, 0.15) is 63.0 Å². The normalized spacial score (nSPS) is 15.8. The molecule has 2 amide bonds. The van der Waals surface area contributed by atoms with Crippen LogP contribution in [0, 0.1) is 0 Å². The van der Waals surface area contributed by atoms with Crippen LogP contribution in [-0.4, -0.2) is 50.0 Å². The Morgan fingerprint density at radius 2 is 1.94 bits per heavy atom. The lowest BCUT2D eigenvalue weighted by Gasteiger charge is -2.36. The number of likely N-dealkylation sites (tertiary alicyclic amines) is 1. The van der Waals surface area contributed by atoms with E-state index in [1.807, 2.05) is 41.3 Å². The summed E-state index contributed by atoms with van der Waals surface area (Å²) in [6.07, 6.45) is 7.98. The number of carbonyl (C=O) groups is 2. The zero-order valence-corrected chi connectivity index (χ0v) is 19.4. The molecule has 1 atom stereocenters. The first-order valence-electron chi connectivity index (χ1n) is 11.6. The third kappa shape index (κ3) is 4.32. The Hall–Kier alpha value is -4.27. The fourth-order valence-corrected chi connectivity index (χ4v) is 4.74. The smallest absolute Gasteiger partial charge is 0.254 e. The van der Waals surface area contributed by atoms with Crippen LogP contribution in [0.4, 0.5) is 0 Å². The number of methoxy groups -OCH3 is 1. The molecule has 1 fully saturated rings. The molecule has 0 saturated carbocycles. The Morgan fingerprint density at radius 3 is 2.77 bits per heavy atom. The van der Waals surface area contributed by atoms with Gasteiger partial charge in [0, 0.05) is 42.2 Å². The predicted molar refractivity (Wildman–Crippen MR) is 129 cm³/mol. The fourth-order valence-electron chi connectivity index (χ4n) is 4.74. The van der Waals surface area contributed by atoms with Crippen molar-refractivity contribution in [1.29, 1.82) is 0 Å². The molecule has 1 aromatic carbocycles. The van der Waals surface area contributed by atoms with Gasteiger partial charge >= 0.3 is 0 Å². The van der Waals surface area contributed by atoms with Crippen molar-refractivity contribution in [2.24, 2.45) is 5.73 Å². The maximum absolute atomic E-state index is 13.7. The lowest BCUT2D eigenvalue weighted by molar-refractivity contribution is 0.0602. The van der Waals surface area contributed by atoms with Gasteiger partial charge in [0.25, 0.3) is 11.8 Å². The maximum Gasteiger partial charge on any atom is 0.254 e. The summed E-state index contributed by atoms with van der Waals surface area (Å²) < 4.78 is 7.08. The van der Waals surface area contributed by atoms with Crippen molar-refractivity contribution >= 4 is 17.5 Å². The lowest BCUT2D eigenvalue weighted by atomic mass is 9.97. The van der Waals surface area contributed by atoms with E-state index in [0.717, 1.165) is 42.0 Å². The largest absolute Gasteiger partial charge is 0.496 e. The SMILES string of the molecule is COc1ccccc1Cc1cc(C(=O)N2CCCCC2c2ccnc3c(C(N)=O)cnn23)ccn1. The third-order valence-corrected chi connectivity index (χ3v) is 6.43. The van der Waals surface area contributed by atoms with E-state index in [4.69, 9.17) is 10.5 Å². The van der Waals surface area contributed by atoms with E-state index in [1.165, 1.54) is 6.20 Å². The predicted octanol–water partition coefficient (Wildman–Crippen LogP) is 3.19. The molecule has 4 heterocycles. The van der Waals surface area contributed by atoms with Crippen LogP contribution in [0.25, 0.3) is 5.65 Å².